The number of thiophene rings is 1. The van der Waals surface area contributed by atoms with E-state index in [1.54, 1.807) is 11.3 Å². The summed E-state index contributed by atoms with van der Waals surface area (Å²) >= 11 is 1.73. The minimum atomic E-state index is -0.00344. The largest absolute Gasteiger partial charge is 0.295 e. The molecule has 0 saturated carbocycles. The summed E-state index contributed by atoms with van der Waals surface area (Å²) in [6, 6.07) is 2.65. The van der Waals surface area contributed by atoms with Crippen LogP contribution in [-0.4, -0.2) is 41.2 Å². The molecule has 1 aromatic rings. The molecule has 0 aromatic carbocycles. The number of amides is 2. The van der Waals surface area contributed by atoms with Crippen LogP contribution in [0.3, 0.4) is 0 Å². The third-order valence-electron chi connectivity index (χ3n) is 4.06. The summed E-state index contributed by atoms with van der Waals surface area (Å²) in [5.41, 5.74) is 1.38. The van der Waals surface area contributed by atoms with Crippen LogP contribution in [0.4, 0.5) is 0 Å². The smallest absolute Gasteiger partial charge is 0.229 e. The molecule has 2 fully saturated rings. The average molecular weight is 278 g/mol. The van der Waals surface area contributed by atoms with Gasteiger partial charge in [0, 0.05) is 32.0 Å². The summed E-state index contributed by atoms with van der Waals surface area (Å²) in [7, 11) is 0. The van der Waals surface area contributed by atoms with Gasteiger partial charge >= 0.3 is 0 Å². The van der Waals surface area contributed by atoms with Gasteiger partial charge in [0.1, 0.15) is 0 Å². The van der Waals surface area contributed by atoms with E-state index in [0.29, 0.717) is 25.4 Å². The molecule has 3 rings (SSSR count). The van der Waals surface area contributed by atoms with Gasteiger partial charge in [-0.05, 0) is 41.8 Å². The van der Waals surface area contributed by atoms with Gasteiger partial charge in [0.05, 0.1) is 0 Å². The van der Waals surface area contributed by atoms with E-state index in [1.807, 2.05) is 0 Å². The van der Waals surface area contributed by atoms with Gasteiger partial charge in [-0.2, -0.15) is 11.3 Å². The second-order valence-electron chi connectivity index (χ2n) is 5.19. The van der Waals surface area contributed by atoms with Crippen LogP contribution >= 0.6 is 11.3 Å². The number of likely N-dealkylation sites (tertiary alicyclic amines) is 2. The van der Waals surface area contributed by atoms with Crippen LogP contribution in [0.2, 0.25) is 0 Å². The van der Waals surface area contributed by atoms with Crippen molar-refractivity contribution in [2.45, 2.75) is 31.7 Å². The Labute approximate surface area is 117 Å². The van der Waals surface area contributed by atoms with Crippen molar-refractivity contribution in [3.05, 3.63) is 22.4 Å². The second kappa shape index (κ2) is 5.43. The van der Waals surface area contributed by atoms with E-state index < -0.39 is 0 Å². The lowest BCUT2D eigenvalue weighted by atomic mass is 10.1. The van der Waals surface area contributed by atoms with E-state index >= 15 is 0 Å². The Hall–Kier alpha value is -1.20. The maximum atomic E-state index is 11.6. The summed E-state index contributed by atoms with van der Waals surface area (Å²) in [6.45, 7) is 2.42. The zero-order valence-electron chi connectivity index (χ0n) is 10.9. The topological polar surface area (TPSA) is 40.6 Å². The lowest BCUT2D eigenvalue weighted by Gasteiger charge is -2.25. The summed E-state index contributed by atoms with van der Waals surface area (Å²) in [6.07, 6.45) is 3.17. The van der Waals surface area contributed by atoms with Crippen LogP contribution in [0.1, 0.15) is 37.3 Å². The van der Waals surface area contributed by atoms with Crippen LogP contribution in [0.15, 0.2) is 16.8 Å². The number of hydrogen-bond acceptors (Lipinski definition) is 4. The lowest BCUT2D eigenvalue weighted by Crippen LogP contribution is -2.37. The first-order valence-electron chi connectivity index (χ1n) is 6.85. The van der Waals surface area contributed by atoms with E-state index in [4.69, 9.17) is 0 Å². The van der Waals surface area contributed by atoms with Gasteiger partial charge in [-0.1, -0.05) is 0 Å². The Morgan fingerprint density at radius 3 is 2.68 bits per heavy atom. The first-order chi connectivity index (χ1) is 9.25. The molecule has 0 N–H and O–H groups in total. The quantitative estimate of drug-likeness (QED) is 0.791. The van der Waals surface area contributed by atoms with Crippen molar-refractivity contribution in [3.63, 3.8) is 0 Å². The molecule has 2 amide bonds. The minimum absolute atomic E-state index is 0.00344. The molecule has 2 aliphatic heterocycles. The highest BCUT2D eigenvalue weighted by Gasteiger charge is 2.31. The van der Waals surface area contributed by atoms with E-state index in [9.17, 15) is 9.59 Å². The third-order valence-corrected chi connectivity index (χ3v) is 4.76. The molecule has 4 nitrogen and oxygen atoms in total. The van der Waals surface area contributed by atoms with Gasteiger partial charge in [-0.25, -0.2) is 0 Å². The van der Waals surface area contributed by atoms with Crippen LogP contribution in [0, 0.1) is 0 Å². The summed E-state index contributed by atoms with van der Waals surface area (Å²) < 4.78 is 0. The van der Waals surface area contributed by atoms with Crippen molar-refractivity contribution in [2.75, 3.05) is 19.6 Å². The number of imide groups is 1. The van der Waals surface area contributed by atoms with Crippen LogP contribution in [0.5, 0.6) is 0 Å². The highest BCUT2D eigenvalue weighted by atomic mass is 32.1. The third kappa shape index (κ3) is 2.58. The second-order valence-corrected chi connectivity index (χ2v) is 5.97. The number of hydrogen-bond donors (Lipinski definition) is 0. The van der Waals surface area contributed by atoms with Gasteiger partial charge in [0.25, 0.3) is 0 Å². The molecule has 0 spiro atoms. The standard InChI is InChI=1S/C14H18N2O2S/c17-13-3-4-14(18)16(13)8-7-15-6-1-2-12(15)11-5-9-19-10-11/h5,9-10,12H,1-4,6-8H2/t12-/m0/s1. The molecule has 0 aliphatic carbocycles. The fraction of sp³-hybridized carbons (Fsp3) is 0.571. The molecule has 2 aliphatic rings. The van der Waals surface area contributed by atoms with Crippen molar-refractivity contribution >= 4 is 23.2 Å². The Morgan fingerprint density at radius 1 is 1.21 bits per heavy atom. The maximum absolute atomic E-state index is 11.6. The number of nitrogens with zero attached hydrogens (tertiary/aromatic N) is 2. The molecular formula is C14H18N2O2S. The van der Waals surface area contributed by atoms with Crippen molar-refractivity contribution in [1.29, 1.82) is 0 Å². The average Bonchev–Trinajstić information content (AvgIpc) is 3.09. The van der Waals surface area contributed by atoms with Crippen LogP contribution in [-0.2, 0) is 9.59 Å². The van der Waals surface area contributed by atoms with Crippen molar-refractivity contribution in [3.8, 4) is 0 Å². The monoisotopic (exact) mass is 278 g/mol. The van der Waals surface area contributed by atoms with E-state index in [2.05, 4.69) is 21.7 Å². The van der Waals surface area contributed by atoms with Gasteiger partial charge < -0.3 is 0 Å². The lowest BCUT2D eigenvalue weighted by molar-refractivity contribution is -0.138. The zero-order valence-corrected chi connectivity index (χ0v) is 11.7. The number of carbonyl (C=O) groups excluding carboxylic acids is 2. The summed E-state index contributed by atoms with van der Waals surface area (Å²) in [5.74, 6) is -0.00689. The van der Waals surface area contributed by atoms with Crippen molar-refractivity contribution in [1.82, 2.24) is 9.80 Å². The van der Waals surface area contributed by atoms with E-state index in [1.165, 1.54) is 23.3 Å². The summed E-state index contributed by atoms with van der Waals surface area (Å²) in [4.78, 5) is 27.0. The predicted octanol–water partition coefficient (Wildman–Crippen LogP) is 2.03. The molecule has 1 aromatic heterocycles. The highest BCUT2D eigenvalue weighted by molar-refractivity contribution is 7.07. The molecule has 0 bridgehead atoms. The maximum Gasteiger partial charge on any atom is 0.229 e. The molecular weight excluding hydrogens is 260 g/mol. The van der Waals surface area contributed by atoms with E-state index in [0.717, 1.165) is 13.1 Å². The molecule has 5 heteroatoms. The molecule has 1 atom stereocenters. The first kappa shape index (κ1) is 12.8. The highest BCUT2D eigenvalue weighted by Crippen LogP contribution is 2.32. The van der Waals surface area contributed by atoms with Crippen molar-refractivity contribution < 1.29 is 9.59 Å². The van der Waals surface area contributed by atoms with Gasteiger partial charge in [-0.3, -0.25) is 19.4 Å². The Kier molecular flexibility index (Phi) is 3.66. The van der Waals surface area contributed by atoms with Gasteiger partial charge in [0.15, 0.2) is 0 Å². The van der Waals surface area contributed by atoms with Gasteiger partial charge in [0.2, 0.25) is 11.8 Å². The number of carbonyl (C=O) groups is 2. The predicted molar refractivity (Wildman–Crippen MR) is 73.8 cm³/mol. The SMILES string of the molecule is O=C1CCC(=O)N1CCN1CCC[C@H]1c1ccsc1. The zero-order chi connectivity index (χ0) is 13.2. The first-order valence-corrected chi connectivity index (χ1v) is 7.79. The fourth-order valence-corrected chi connectivity index (χ4v) is 3.74. The van der Waals surface area contributed by atoms with Gasteiger partial charge in [-0.15, -0.1) is 0 Å². The fourth-order valence-electron chi connectivity index (χ4n) is 3.04. The normalized spacial score (nSPS) is 24.6. The Bertz CT molecular complexity index is 456. The van der Waals surface area contributed by atoms with Crippen molar-refractivity contribution in [2.24, 2.45) is 0 Å². The Balaban J connectivity index is 1.60. The molecule has 102 valence electrons. The van der Waals surface area contributed by atoms with Crippen LogP contribution < -0.4 is 0 Å². The minimum Gasteiger partial charge on any atom is -0.295 e. The molecule has 0 radical (unpaired) electrons. The Morgan fingerprint density at radius 2 is 2.00 bits per heavy atom. The molecule has 3 heterocycles. The van der Waals surface area contributed by atoms with E-state index in [-0.39, 0.29) is 11.8 Å². The van der Waals surface area contributed by atoms with Crippen LogP contribution in [0.25, 0.3) is 0 Å². The molecule has 19 heavy (non-hydrogen) atoms. The summed E-state index contributed by atoms with van der Waals surface area (Å²) in [5, 5.41) is 4.31. The molecule has 0 unspecified atom stereocenters. The molecule has 2 saturated heterocycles. The number of rotatable bonds is 4.